The molecule has 1 aliphatic rings. The van der Waals surface area contributed by atoms with Crippen LogP contribution in [0.4, 0.5) is 4.39 Å². The van der Waals surface area contributed by atoms with Crippen LogP contribution in [0.3, 0.4) is 0 Å². The van der Waals surface area contributed by atoms with Crippen LogP contribution in [0.1, 0.15) is 24.4 Å². The van der Waals surface area contributed by atoms with Crippen molar-refractivity contribution in [2.45, 2.75) is 32.0 Å². The normalized spacial score (nSPS) is 13.5. The number of carbonyl (C=O) groups excluding carboxylic acids is 1. The number of amides is 1. The molecule has 0 atom stereocenters. The predicted octanol–water partition coefficient (Wildman–Crippen LogP) is 2.50. The minimum Gasteiger partial charge on any atom is -0.350 e. The summed E-state index contributed by atoms with van der Waals surface area (Å²) in [6.45, 7) is 0.171. The molecule has 27 heavy (non-hydrogen) atoms. The lowest BCUT2D eigenvalue weighted by Gasteiger charge is -2.04. The van der Waals surface area contributed by atoms with E-state index in [0.29, 0.717) is 6.54 Å². The molecule has 1 aliphatic carbocycles. The number of halogens is 1. The summed E-state index contributed by atoms with van der Waals surface area (Å²) in [7, 11) is 0. The minimum absolute atomic E-state index is 0.0215. The minimum atomic E-state index is -0.440. The first-order valence-electron chi connectivity index (χ1n) is 8.88. The molecule has 0 saturated heterocycles. The van der Waals surface area contributed by atoms with Crippen molar-refractivity contribution in [2.24, 2.45) is 0 Å². The molecule has 0 spiro atoms. The summed E-state index contributed by atoms with van der Waals surface area (Å²) in [5.41, 5.74) is 0.851. The van der Waals surface area contributed by atoms with Crippen molar-refractivity contribution in [3.05, 3.63) is 76.5 Å². The smallest absolute Gasteiger partial charge is 0.346 e. The zero-order chi connectivity index (χ0) is 18.8. The molecule has 2 aromatic carbocycles. The van der Waals surface area contributed by atoms with E-state index in [9.17, 15) is 14.0 Å². The SMILES string of the molecule is O=C(Cn1nc(-c2ccccc2F)n(C2CC2)c1=O)NCc1ccccc1. The lowest BCUT2D eigenvalue weighted by Crippen LogP contribution is -2.33. The van der Waals surface area contributed by atoms with Gasteiger partial charge < -0.3 is 5.32 Å². The van der Waals surface area contributed by atoms with Gasteiger partial charge in [0.25, 0.3) is 0 Å². The van der Waals surface area contributed by atoms with E-state index < -0.39 is 5.82 Å². The highest BCUT2D eigenvalue weighted by atomic mass is 19.1. The van der Waals surface area contributed by atoms with E-state index in [1.54, 1.807) is 18.2 Å². The summed E-state index contributed by atoms with van der Waals surface area (Å²) in [5, 5.41) is 7.04. The highest BCUT2D eigenvalue weighted by molar-refractivity contribution is 5.75. The van der Waals surface area contributed by atoms with Gasteiger partial charge in [0.15, 0.2) is 5.82 Å². The highest BCUT2D eigenvalue weighted by Crippen LogP contribution is 2.36. The van der Waals surface area contributed by atoms with Gasteiger partial charge in [0, 0.05) is 12.6 Å². The number of aromatic nitrogens is 3. The summed E-state index contributed by atoms with van der Waals surface area (Å²) in [6, 6.07) is 15.7. The molecular weight excluding hydrogens is 347 g/mol. The summed E-state index contributed by atoms with van der Waals surface area (Å²) in [4.78, 5) is 25.0. The first kappa shape index (κ1) is 17.2. The van der Waals surface area contributed by atoms with Crippen LogP contribution in [0.2, 0.25) is 0 Å². The molecule has 0 unspecified atom stereocenters. The average Bonchev–Trinajstić information content (AvgIpc) is 3.46. The first-order chi connectivity index (χ1) is 13.1. The van der Waals surface area contributed by atoms with Gasteiger partial charge in [0.1, 0.15) is 12.4 Å². The predicted molar refractivity (Wildman–Crippen MR) is 98.4 cm³/mol. The molecule has 138 valence electrons. The van der Waals surface area contributed by atoms with Gasteiger partial charge in [-0.2, -0.15) is 0 Å². The maximum absolute atomic E-state index is 14.2. The molecule has 1 fully saturated rings. The molecule has 6 nitrogen and oxygen atoms in total. The Morgan fingerprint density at radius 3 is 2.52 bits per heavy atom. The summed E-state index contributed by atoms with van der Waals surface area (Å²) < 4.78 is 16.8. The third kappa shape index (κ3) is 3.67. The van der Waals surface area contributed by atoms with Gasteiger partial charge in [0.05, 0.1) is 5.56 Å². The zero-order valence-corrected chi connectivity index (χ0v) is 14.6. The van der Waals surface area contributed by atoms with Crippen LogP contribution in [-0.4, -0.2) is 20.3 Å². The summed E-state index contributed by atoms with van der Waals surface area (Å²) in [6.07, 6.45) is 1.71. The van der Waals surface area contributed by atoms with E-state index in [2.05, 4.69) is 10.4 Å². The van der Waals surface area contributed by atoms with Gasteiger partial charge in [-0.1, -0.05) is 42.5 Å². The maximum Gasteiger partial charge on any atom is 0.346 e. The molecule has 0 bridgehead atoms. The van der Waals surface area contributed by atoms with E-state index in [1.807, 2.05) is 30.3 Å². The second kappa shape index (κ2) is 7.19. The molecule has 1 saturated carbocycles. The average molecular weight is 366 g/mol. The van der Waals surface area contributed by atoms with Crippen LogP contribution in [0.5, 0.6) is 0 Å². The van der Waals surface area contributed by atoms with E-state index >= 15 is 0 Å². The van der Waals surface area contributed by atoms with E-state index in [4.69, 9.17) is 0 Å². The maximum atomic E-state index is 14.2. The van der Waals surface area contributed by atoms with Gasteiger partial charge in [0.2, 0.25) is 5.91 Å². The van der Waals surface area contributed by atoms with Crippen molar-refractivity contribution in [3.63, 3.8) is 0 Å². The third-order valence-electron chi connectivity index (χ3n) is 4.52. The van der Waals surface area contributed by atoms with Crippen LogP contribution in [0.25, 0.3) is 11.4 Å². The second-order valence-electron chi connectivity index (χ2n) is 6.61. The molecular formula is C20H19FN4O2. The van der Waals surface area contributed by atoms with Crippen molar-refractivity contribution in [1.82, 2.24) is 19.7 Å². The fraction of sp³-hybridized carbons (Fsp3) is 0.250. The van der Waals surface area contributed by atoms with E-state index in [-0.39, 0.29) is 35.6 Å². The number of hydrogen-bond donors (Lipinski definition) is 1. The molecule has 4 rings (SSSR count). The highest BCUT2D eigenvalue weighted by Gasteiger charge is 2.31. The van der Waals surface area contributed by atoms with Crippen LogP contribution in [0, 0.1) is 5.82 Å². The number of rotatable bonds is 6. The van der Waals surface area contributed by atoms with Crippen LogP contribution >= 0.6 is 0 Å². The number of nitrogens with one attached hydrogen (secondary N) is 1. The van der Waals surface area contributed by atoms with Gasteiger partial charge >= 0.3 is 5.69 Å². The first-order valence-corrected chi connectivity index (χ1v) is 8.88. The lowest BCUT2D eigenvalue weighted by atomic mass is 10.2. The number of benzene rings is 2. The Kier molecular flexibility index (Phi) is 4.58. The topological polar surface area (TPSA) is 68.9 Å². The van der Waals surface area contributed by atoms with Gasteiger partial charge in [-0.3, -0.25) is 9.36 Å². The number of hydrogen-bond acceptors (Lipinski definition) is 3. The van der Waals surface area contributed by atoms with E-state index in [0.717, 1.165) is 23.1 Å². The molecule has 1 heterocycles. The Bertz CT molecular complexity index is 1020. The van der Waals surface area contributed by atoms with Crippen LogP contribution in [-0.2, 0) is 17.9 Å². The molecule has 3 aromatic rings. The second-order valence-corrected chi connectivity index (χ2v) is 6.61. The molecule has 0 aliphatic heterocycles. The Balaban J connectivity index is 1.57. The van der Waals surface area contributed by atoms with Gasteiger partial charge in [-0.15, -0.1) is 5.10 Å². The fourth-order valence-corrected chi connectivity index (χ4v) is 3.00. The van der Waals surface area contributed by atoms with Gasteiger partial charge in [-0.25, -0.2) is 13.9 Å². The van der Waals surface area contributed by atoms with Crippen molar-refractivity contribution in [2.75, 3.05) is 0 Å². The fourth-order valence-electron chi connectivity index (χ4n) is 3.00. The quantitative estimate of drug-likeness (QED) is 0.729. The van der Waals surface area contributed by atoms with Crippen molar-refractivity contribution < 1.29 is 9.18 Å². The lowest BCUT2D eigenvalue weighted by molar-refractivity contribution is -0.122. The molecule has 1 aromatic heterocycles. The number of nitrogens with zero attached hydrogens (tertiary/aromatic N) is 3. The van der Waals surface area contributed by atoms with Gasteiger partial charge in [-0.05, 0) is 30.5 Å². The van der Waals surface area contributed by atoms with Crippen molar-refractivity contribution >= 4 is 5.91 Å². The molecule has 1 amide bonds. The molecule has 7 heteroatoms. The molecule has 0 radical (unpaired) electrons. The Labute approximate surface area is 155 Å². The molecule has 1 N–H and O–H groups in total. The monoisotopic (exact) mass is 366 g/mol. The standard InChI is InChI=1S/C20H19FN4O2/c21-17-9-5-4-8-16(17)19-23-24(20(27)25(19)15-10-11-15)13-18(26)22-12-14-6-2-1-3-7-14/h1-9,15H,10-13H2,(H,22,26). The summed E-state index contributed by atoms with van der Waals surface area (Å²) >= 11 is 0. The van der Waals surface area contributed by atoms with Crippen LogP contribution in [0.15, 0.2) is 59.4 Å². The van der Waals surface area contributed by atoms with E-state index in [1.165, 1.54) is 10.6 Å². The zero-order valence-electron chi connectivity index (χ0n) is 14.6. The Morgan fingerprint density at radius 2 is 1.81 bits per heavy atom. The Morgan fingerprint density at radius 1 is 1.11 bits per heavy atom. The Hall–Kier alpha value is -3.22. The largest absolute Gasteiger partial charge is 0.350 e. The third-order valence-corrected chi connectivity index (χ3v) is 4.52. The van der Waals surface area contributed by atoms with Crippen molar-refractivity contribution in [1.29, 1.82) is 0 Å². The summed E-state index contributed by atoms with van der Waals surface area (Å²) in [5.74, 6) is -0.483. The van der Waals surface area contributed by atoms with Crippen molar-refractivity contribution in [3.8, 4) is 11.4 Å². The number of carbonyl (C=O) groups is 1. The van der Waals surface area contributed by atoms with Crippen LogP contribution < -0.4 is 11.0 Å².